The smallest absolute Gasteiger partial charge is 0.255 e. The number of hydrogen-bond acceptors (Lipinski definition) is 3. The van der Waals surface area contributed by atoms with Crippen LogP contribution < -0.4 is 15.4 Å². The van der Waals surface area contributed by atoms with Crippen LogP contribution in [-0.4, -0.2) is 30.0 Å². The molecule has 4 aromatic rings. The Morgan fingerprint density at radius 3 is 2.44 bits per heavy atom. The van der Waals surface area contributed by atoms with Crippen LogP contribution in [0.5, 0.6) is 5.75 Å². The van der Waals surface area contributed by atoms with Crippen molar-refractivity contribution in [3.8, 4) is 5.75 Å². The van der Waals surface area contributed by atoms with E-state index in [4.69, 9.17) is 4.74 Å². The molecule has 2 amide bonds. The second kappa shape index (κ2) is 9.83. The van der Waals surface area contributed by atoms with Crippen LogP contribution >= 0.6 is 0 Å². The van der Waals surface area contributed by atoms with Crippen molar-refractivity contribution in [1.29, 1.82) is 0 Å². The van der Waals surface area contributed by atoms with Gasteiger partial charge in [0.2, 0.25) is 0 Å². The number of anilines is 1. The van der Waals surface area contributed by atoms with Crippen LogP contribution in [0.2, 0.25) is 0 Å². The highest BCUT2D eigenvalue weighted by Crippen LogP contribution is 2.18. The standard InChI is InChI=1S/C26H25N3O3/c1-32-21-13-11-20(12-14-21)25(30)28-23-9-4-3-8-22(23)26(31)27-16-6-17-29-18-15-19-7-2-5-10-24(19)29/h2-5,7-15,18H,6,16-17H2,1H3,(H,27,31)(H,28,30). The summed E-state index contributed by atoms with van der Waals surface area (Å²) >= 11 is 0. The molecule has 0 saturated heterocycles. The fourth-order valence-corrected chi connectivity index (χ4v) is 3.61. The number of amides is 2. The average Bonchev–Trinajstić information content (AvgIpc) is 3.25. The number of benzene rings is 3. The molecule has 1 heterocycles. The van der Waals surface area contributed by atoms with Crippen molar-refractivity contribution in [1.82, 2.24) is 9.88 Å². The molecule has 0 saturated carbocycles. The second-order valence-corrected chi connectivity index (χ2v) is 7.41. The number of para-hydroxylation sites is 2. The fourth-order valence-electron chi connectivity index (χ4n) is 3.61. The molecule has 1 aromatic heterocycles. The maximum Gasteiger partial charge on any atom is 0.255 e. The van der Waals surface area contributed by atoms with Crippen LogP contribution in [0.15, 0.2) is 85.1 Å². The highest BCUT2D eigenvalue weighted by atomic mass is 16.5. The van der Waals surface area contributed by atoms with Crippen molar-refractivity contribution >= 4 is 28.4 Å². The Hall–Kier alpha value is -4.06. The molecule has 0 unspecified atom stereocenters. The molecular weight excluding hydrogens is 402 g/mol. The van der Waals surface area contributed by atoms with Crippen LogP contribution in [0.3, 0.4) is 0 Å². The Morgan fingerprint density at radius 1 is 0.875 bits per heavy atom. The summed E-state index contributed by atoms with van der Waals surface area (Å²) in [6, 6.07) is 24.1. The molecule has 0 atom stereocenters. The van der Waals surface area contributed by atoms with Crippen molar-refractivity contribution in [3.05, 3.63) is 96.2 Å². The molecule has 6 heteroatoms. The largest absolute Gasteiger partial charge is 0.497 e. The van der Waals surface area contributed by atoms with E-state index in [1.54, 1.807) is 55.6 Å². The molecule has 32 heavy (non-hydrogen) atoms. The molecule has 162 valence electrons. The molecule has 0 spiro atoms. The number of aromatic nitrogens is 1. The SMILES string of the molecule is COc1ccc(C(=O)Nc2ccccc2C(=O)NCCCn2ccc3ccccc32)cc1. The third-order valence-electron chi connectivity index (χ3n) is 5.31. The molecule has 0 bridgehead atoms. The van der Waals surface area contributed by atoms with Gasteiger partial charge in [-0.3, -0.25) is 9.59 Å². The number of carbonyl (C=O) groups excluding carboxylic acids is 2. The van der Waals surface area contributed by atoms with Gasteiger partial charge in [0.25, 0.3) is 11.8 Å². The van der Waals surface area contributed by atoms with Gasteiger partial charge in [0, 0.05) is 30.4 Å². The Morgan fingerprint density at radius 2 is 1.62 bits per heavy atom. The normalized spacial score (nSPS) is 10.7. The molecule has 0 radical (unpaired) electrons. The molecule has 2 N–H and O–H groups in total. The second-order valence-electron chi connectivity index (χ2n) is 7.41. The molecule has 4 rings (SSSR count). The van der Waals surface area contributed by atoms with E-state index >= 15 is 0 Å². The minimum Gasteiger partial charge on any atom is -0.497 e. The fraction of sp³-hybridized carbons (Fsp3) is 0.154. The number of aryl methyl sites for hydroxylation is 1. The van der Waals surface area contributed by atoms with Crippen molar-refractivity contribution in [2.45, 2.75) is 13.0 Å². The number of hydrogen-bond donors (Lipinski definition) is 2. The molecule has 0 aliphatic carbocycles. The average molecular weight is 428 g/mol. The van der Waals surface area contributed by atoms with E-state index < -0.39 is 0 Å². The lowest BCUT2D eigenvalue weighted by atomic mass is 10.1. The lowest BCUT2D eigenvalue weighted by Crippen LogP contribution is -2.26. The predicted octanol–water partition coefficient (Wildman–Crippen LogP) is 4.72. The third kappa shape index (κ3) is 4.81. The number of nitrogens with zero attached hydrogens (tertiary/aromatic N) is 1. The summed E-state index contributed by atoms with van der Waals surface area (Å²) < 4.78 is 7.31. The van der Waals surface area contributed by atoms with E-state index in [0.29, 0.717) is 29.1 Å². The Balaban J connectivity index is 1.35. The molecule has 0 fully saturated rings. The van der Waals surface area contributed by atoms with Gasteiger partial charge in [0.1, 0.15) is 5.75 Å². The summed E-state index contributed by atoms with van der Waals surface area (Å²) in [5, 5.41) is 7.00. The number of methoxy groups -OCH3 is 1. The quantitative estimate of drug-likeness (QED) is 0.400. The van der Waals surface area contributed by atoms with Crippen LogP contribution in [-0.2, 0) is 6.54 Å². The predicted molar refractivity (Wildman–Crippen MR) is 126 cm³/mol. The summed E-state index contributed by atoms with van der Waals surface area (Å²) in [7, 11) is 1.57. The van der Waals surface area contributed by atoms with Crippen molar-refractivity contribution in [3.63, 3.8) is 0 Å². The van der Waals surface area contributed by atoms with Crippen molar-refractivity contribution in [2.75, 3.05) is 19.0 Å². The summed E-state index contributed by atoms with van der Waals surface area (Å²) in [6.07, 6.45) is 2.86. The van der Waals surface area contributed by atoms with Gasteiger partial charge >= 0.3 is 0 Å². The van der Waals surface area contributed by atoms with E-state index in [0.717, 1.165) is 13.0 Å². The zero-order valence-electron chi connectivity index (χ0n) is 17.9. The van der Waals surface area contributed by atoms with Crippen LogP contribution in [0.1, 0.15) is 27.1 Å². The van der Waals surface area contributed by atoms with Crippen LogP contribution in [0, 0.1) is 0 Å². The Kier molecular flexibility index (Phi) is 6.51. The minimum atomic E-state index is -0.285. The zero-order chi connectivity index (χ0) is 22.3. The minimum absolute atomic E-state index is 0.215. The first-order valence-corrected chi connectivity index (χ1v) is 10.5. The van der Waals surface area contributed by atoms with Crippen LogP contribution in [0.4, 0.5) is 5.69 Å². The first kappa shape index (κ1) is 21.2. The van der Waals surface area contributed by atoms with E-state index in [1.807, 2.05) is 12.1 Å². The van der Waals surface area contributed by atoms with Crippen molar-refractivity contribution in [2.24, 2.45) is 0 Å². The highest BCUT2D eigenvalue weighted by molar-refractivity contribution is 6.09. The first-order valence-electron chi connectivity index (χ1n) is 10.5. The Labute approximate surface area is 186 Å². The monoisotopic (exact) mass is 427 g/mol. The van der Waals surface area contributed by atoms with E-state index in [2.05, 4.69) is 39.6 Å². The van der Waals surface area contributed by atoms with E-state index in [-0.39, 0.29) is 11.8 Å². The van der Waals surface area contributed by atoms with Gasteiger partial charge in [0.15, 0.2) is 0 Å². The summed E-state index contributed by atoms with van der Waals surface area (Å²) in [6.45, 7) is 1.34. The molecule has 6 nitrogen and oxygen atoms in total. The Bertz CT molecular complexity index is 1230. The summed E-state index contributed by atoms with van der Waals surface area (Å²) in [5.41, 5.74) is 2.58. The maximum atomic E-state index is 12.8. The number of rotatable bonds is 8. The molecule has 0 aliphatic rings. The lowest BCUT2D eigenvalue weighted by molar-refractivity contribution is 0.0953. The number of carbonyl (C=O) groups is 2. The van der Waals surface area contributed by atoms with Gasteiger partial charge in [-0.25, -0.2) is 0 Å². The van der Waals surface area contributed by atoms with Gasteiger partial charge in [-0.05, 0) is 60.3 Å². The first-order chi connectivity index (χ1) is 15.7. The van der Waals surface area contributed by atoms with Gasteiger partial charge in [0.05, 0.1) is 18.4 Å². The van der Waals surface area contributed by atoms with E-state index in [9.17, 15) is 9.59 Å². The summed E-state index contributed by atoms with van der Waals surface area (Å²) in [5.74, 6) is 0.176. The number of fused-ring (bicyclic) bond motifs is 1. The summed E-state index contributed by atoms with van der Waals surface area (Å²) in [4.78, 5) is 25.4. The topological polar surface area (TPSA) is 72.4 Å². The van der Waals surface area contributed by atoms with Gasteiger partial charge in [-0.15, -0.1) is 0 Å². The van der Waals surface area contributed by atoms with Crippen LogP contribution in [0.25, 0.3) is 10.9 Å². The number of nitrogens with one attached hydrogen (secondary N) is 2. The lowest BCUT2D eigenvalue weighted by Gasteiger charge is -2.12. The number of ether oxygens (including phenoxy) is 1. The zero-order valence-corrected chi connectivity index (χ0v) is 17.9. The third-order valence-corrected chi connectivity index (χ3v) is 5.31. The van der Waals surface area contributed by atoms with Crippen molar-refractivity contribution < 1.29 is 14.3 Å². The molecule has 0 aliphatic heterocycles. The van der Waals surface area contributed by atoms with E-state index in [1.165, 1.54) is 10.9 Å². The van der Waals surface area contributed by atoms with Gasteiger partial charge in [-0.1, -0.05) is 30.3 Å². The maximum absolute atomic E-state index is 12.8. The van der Waals surface area contributed by atoms with Gasteiger partial charge in [-0.2, -0.15) is 0 Å². The molecular formula is C26H25N3O3. The highest BCUT2D eigenvalue weighted by Gasteiger charge is 2.14. The van der Waals surface area contributed by atoms with Gasteiger partial charge < -0.3 is 19.9 Å². The molecule has 3 aromatic carbocycles.